The van der Waals surface area contributed by atoms with Crippen LogP contribution in [-0.4, -0.2) is 21.7 Å². The zero-order valence-corrected chi connectivity index (χ0v) is 20.7. The van der Waals surface area contributed by atoms with Gasteiger partial charge < -0.3 is 15.4 Å². The number of pyridine rings is 1. The van der Waals surface area contributed by atoms with E-state index in [9.17, 15) is 20.0 Å². The molecule has 7 heteroatoms. The van der Waals surface area contributed by atoms with Crippen molar-refractivity contribution in [3.05, 3.63) is 100 Å². The second kappa shape index (κ2) is 9.24. The molecule has 6 rings (SSSR count). The monoisotopic (exact) mass is 502 g/mol. The second-order valence-electron chi connectivity index (χ2n) is 9.88. The minimum atomic E-state index is -0.527. The Balaban J connectivity index is 1.42. The number of para-hydroxylation sites is 2. The molecule has 38 heavy (non-hydrogen) atoms. The zero-order chi connectivity index (χ0) is 26.3. The van der Waals surface area contributed by atoms with Gasteiger partial charge in [-0.15, -0.1) is 0 Å². The van der Waals surface area contributed by atoms with Crippen LogP contribution >= 0.6 is 0 Å². The summed E-state index contributed by atoms with van der Waals surface area (Å²) < 4.78 is 0. The summed E-state index contributed by atoms with van der Waals surface area (Å²) in [5.41, 5.74) is 3.25. The number of hydrogen-bond donors (Lipinski definition) is 3. The smallest absolute Gasteiger partial charge is 0.266 e. The van der Waals surface area contributed by atoms with Gasteiger partial charge in [0.2, 0.25) is 0 Å². The van der Waals surface area contributed by atoms with Crippen molar-refractivity contribution in [1.82, 2.24) is 4.98 Å². The molecule has 2 heterocycles. The van der Waals surface area contributed by atoms with Crippen molar-refractivity contribution in [2.75, 3.05) is 10.2 Å². The number of aromatic hydroxyl groups is 1. The third-order valence-corrected chi connectivity index (χ3v) is 7.61. The Bertz CT molecular complexity index is 1640. The number of rotatable bonds is 3. The van der Waals surface area contributed by atoms with Crippen molar-refractivity contribution in [3.63, 3.8) is 0 Å². The van der Waals surface area contributed by atoms with Gasteiger partial charge in [0.25, 0.3) is 11.5 Å². The number of nitrogens with zero attached hydrogens (tertiary/aromatic N) is 2. The minimum absolute atomic E-state index is 0.00919. The molecule has 1 amide bonds. The quantitative estimate of drug-likeness (QED) is 0.317. The van der Waals surface area contributed by atoms with E-state index in [0.717, 1.165) is 49.0 Å². The summed E-state index contributed by atoms with van der Waals surface area (Å²) in [7, 11) is 0. The van der Waals surface area contributed by atoms with Crippen LogP contribution in [0.3, 0.4) is 0 Å². The molecular formula is C31H26N4O3. The fourth-order valence-corrected chi connectivity index (χ4v) is 5.78. The van der Waals surface area contributed by atoms with Gasteiger partial charge in [-0.05, 0) is 67.6 Å². The van der Waals surface area contributed by atoms with Crippen LogP contribution in [0.2, 0.25) is 0 Å². The summed E-state index contributed by atoms with van der Waals surface area (Å²) in [5, 5.41) is 23.7. The van der Waals surface area contributed by atoms with Gasteiger partial charge in [-0.3, -0.25) is 14.5 Å². The molecule has 4 aromatic rings. The lowest BCUT2D eigenvalue weighted by Crippen LogP contribution is -2.61. The highest BCUT2D eigenvalue weighted by Crippen LogP contribution is 2.43. The number of carbonyl (C=O) groups excluding carboxylic acids is 1. The molecule has 3 aromatic carbocycles. The van der Waals surface area contributed by atoms with E-state index in [4.69, 9.17) is 0 Å². The summed E-state index contributed by atoms with van der Waals surface area (Å²) in [6.45, 7) is 0. The molecule has 1 spiro atoms. The minimum Gasteiger partial charge on any atom is -0.507 e. The van der Waals surface area contributed by atoms with E-state index in [1.54, 1.807) is 24.3 Å². The van der Waals surface area contributed by atoms with Gasteiger partial charge in [0.15, 0.2) is 0 Å². The lowest BCUT2D eigenvalue weighted by Gasteiger charge is -2.50. The maximum Gasteiger partial charge on any atom is 0.266 e. The lowest BCUT2D eigenvalue weighted by molar-refractivity contribution is 0.0938. The molecule has 1 saturated carbocycles. The van der Waals surface area contributed by atoms with Crippen LogP contribution in [-0.2, 0) is 0 Å². The van der Waals surface area contributed by atoms with Gasteiger partial charge in [-0.1, -0.05) is 48.9 Å². The number of phenolic OH excluding ortho intramolecular Hbond substituents is 1. The average molecular weight is 503 g/mol. The molecule has 3 N–H and O–H groups in total. The van der Waals surface area contributed by atoms with Crippen molar-refractivity contribution in [2.45, 2.75) is 37.8 Å². The summed E-state index contributed by atoms with van der Waals surface area (Å²) in [6.07, 6.45) is 4.96. The molecular weight excluding hydrogens is 476 g/mol. The topological polar surface area (TPSA) is 109 Å². The van der Waals surface area contributed by atoms with E-state index in [0.29, 0.717) is 22.4 Å². The maximum absolute atomic E-state index is 13.8. The van der Waals surface area contributed by atoms with Crippen molar-refractivity contribution in [1.29, 1.82) is 5.26 Å². The van der Waals surface area contributed by atoms with Crippen LogP contribution in [0.5, 0.6) is 5.75 Å². The SMILES string of the molecule is N#Cc1c(-c2ccccc2O)cc(-c2ccc(N3C(=O)c4ccccc4NC34CCCCC4)cc2)[nH]c1=O. The van der Waals surface area contributed by atoms with Gasteiger partial charge in [-0.25, -0.2) is 0 Å². The summed E-state index contributed by atoms with van der Waals surface area (Å²) >= 11 is 0. The highest BCUT2D eigenvalue weighted by Gasteiger charge is 2.45. The van der Waals surface area contributed by atoms with Crippen LogP contribution < -0.4 is 15.8 Å². The first kappa shape index (κ1) is 23.6. The van der Waals surface area contributed by atoms with E-state index in [1.165, 1.54) is 6.07 Å². The molecule has 7 nitrogen and oxygen atoms in total. The summed E-state index contributed by atoms with van der Waals surface area (Å²) in [6, 6.07) is 25.5. The number of hydrogen-bond acceptors (Lipinski definition) is 5. The molecule has 0 atom stereocenters. The highest BCUT2D eigenvalue weighted by atomic mass is 16.3. The second-order valence-corrected chi connectivity index (χ2v) is 9.88. The third-order valence-electron chi connectivity index (χ3n) is 7.61. The van der Waals surface area contributed by atoms with Crippen LogP contribution in [0.25, 0.3) is 22.4 Å². The fourth-order valence-electron chi connectivity index (χ4n) is 5.78. The number of benzene rings is 3. The van der Waals surface area contributed by atoms with Gasteiger partial charge in [0.1, 0.15) is 23.0 Å². The molecule has 1 aliphatic heterocycles. The number of fused-ring (bicyclic) bond motifs is 1. The number of aromatic nitrogens is 1. The Morgan fingerprint density at radius 2 is 1.53 bits per heavy atom. The first-order valence-electron chi connectivity index (χ1n) is 12.8. The first-order valence-corrected chi connectivity index (χ1v) is 12.8. The number of nitrogens with one attached hydrogen (secondary N) is 2. The van der Waals surface area contributed by atoms with Gasteiger partial charge >= 0.3 is 0 Å². The number of amides is 1. The van der Waals surface area contributed by atoms with Gasteiger partial charge in [0, 0.05) is 28.2 Å². The lowest BCUT2D eigenvalue weighted by atomic mass is 9.84. The Morgan fingerprint density at radius 1 is 0.842 bits per heavy atom. The Morgan fingerprint density at radius 3 is 2.24 bits per heavy atom. The third kappa shape index (κ3) is 3.82. The molecule has 0 unspecified atom stereocenters. The molecule has 0 bridgehead atoms. The fraction of sp³-hybridized carbons (Fsp3) is 0.194. The Hall–Kier alpha value is -4.83. The van der Waals surface area contributed by atoms with E-state index in [1.807, 2.05) is 59.5 Å². The van der Waals surface area contributed by atoms with Crippen LogP contribution in [0.1, 0.15) is 48.0 Å². The normalized spacial score (nSPS) is 16.0. The van der Waals surface area contributed by atoms with Crippen molar-refractivity contribution >= 4 is 17.3 Å². The molecule has 2 aliphatic rings. The molecule has 0 radical (unpaired) electrons. The van der Waals surface area contributed by atoms with Gasteiger partial charge in [0.05, 0.1) is 5.56 Å². The van der Waals surface area contributed by atoms with E-state index >= 15 is 0 Å². The van der Waals surface area contributed by atoms with Crippen LogP contribution in [0.15, 0.2) is 83.7 Å². The van der Waals surface area contributed by atoms with Gasteiger partial charge in [-0.2, -0.15) is 5.26 Å². The van der Waals surface area contributed by atoms with Crippen molar-refractivity contribution in [3.8, 4) is 34.2 Å². The maximum atomic E-state index is 13.8. The predicted octanol–water partition coefficient (Wildman–Crippen LogP) is 6.02. The largest absolute Gasteiger partial charge is 0.507 e. The zero-order valence-electron chi connectivity index (χ0n) is 20.7. The van der Waals surface area contributed by atoms with E-state index in [-0.39, 0.29) is 17.2 Å². The summed E-state index contributed by atoms with van der Waals surface area (Å²) in [5.74, 6) is -0.0345. The Labute approximate surface area is 220 Å². The number of nitriles is 1. The number of phenols is 1. The number of aromatic amines is 1. The van der Waals surface area contributed by atoms with Crippen LogP contribution in [0.4, 0.5) is 11.4 Å². The number of anilines is 2. The molecule has 1 aliphatic carbocycles. The molecule has 188 valence electrons. The van der Waals surface area contributed by atoms with E-state index < -0.39 is 11.2 Å². The Kier molecular flexibility index (Phi) is 5.73. The van der Waals surface area contributed by atoms with Crippen molar-refractivity contribution in [2.24, 2.45) is 0 Å². The highest BCUT2D eigenvalue weighted by molar-refractivity contribution is 6.12. The van der Waals surface area contributed by atoms with Crippen molar-refractivity contribution < 1.29 is 9.90 Å². The van der Waals surface area contributed by atoms with Crippen LogP contribution in [0, 0.1) is 11.3 Å². The molecule has 1 aromatic heterocycles. The standard InChI is InChI=1S/C31H26N4O3/c32-19-25-24(22-8-3-5-11-28(22)36)18-27(33-29(25)37)20-12-14-21(15-13-20)35-30(38)23-9-2-4-10-26(23)34-31(35)16-6-1-7-17-31/h2-5,8-15,18,34,36H,1,6-7,16-17H2,(H,33,37). The first-order chi connectivity index (χ1) is 18.5. The predicted molar refractivity (Wildman–Crippen MR) is 147 cm³/mol. The summed E-state index contributed by atoms with van der Waals surface area (Å²) in [4.78, 5) is 31.3. The number of H-pyrrole nitrogens is 1. The molecule has 0 saturated heterocycles. The average Bonchev–Trinajstić information content (AvgIpc) is 2.94. The van der Waals surface area contributed by atoms with E-state index in [2.05, 4.69) is 10.3 Å². The number of carbonyl (C=O) groups is 1. The molecule has 1 fully saturated rings.